The van der Waals surface area contributed by atoms with Crippen LogP contribution in [0.4, 0.5) is 0 Å². The molecule has 1 N–H and O–H groups in total. The molecule has 6 nitrogen and oxygen atoms in total. The Labute approximate surface area is 199 Å². The number of carbonyl (C=O) groups is 1. The van der Waals surface area contributed by atoms with Gasteiger partial charge in [-0.2, -0.15) is 4.31 Å². The molecule has 1 fully saturated rings. The summed E-state index contributed by atoms with van der Waals surface area (Å²) < 4.78 is 28.7. The minimum absolute atomic E-state index is 0.148. The van der Waals surface area contributed by atoms with E-state index in [9.17, 15) is 13.2 Å². The molecule has 2 aromatic carbocycles. The van der Waals surface area contributed by atoms with Crippen LogP contribution in [0, 0.1) is 0 Å². The number of nitrogens with one attached hydrogen (secondary N) is 1. The van der Waals surface area contributed by atoms with Crippen LogP contribution in [0.3, 0.4) is 0 Å². The van der Waals surface area contributed by atoms with Crippen molar-refractivity contribution in [3.8, 4) is 0 Å². The lowest BCUT2D eigenvalue weighted by molar-refractivity contribution is 0.0703. The van der Waals surface area contributed by atoms with Crippen LogP contribution in [0.5, 0.6) is 0 Å². The fraction of sp³-hybridized carbons (Fsp3) is 0.286. The minimum atomic E-state index is -3.64. The molecule has 1 saturated heterocycles. The summed E-state index contributed by atoms with van der Waals surface area (Å²) in [4.78, 5) is 15.3. The van der Waals surface area contributed by atoms with Gasteiger partial charge < -0.3 is 10.2 Å². The maximum Gasteiger partial charge on any atom is 0.265 e. The number of fused-ring (bicyclic) bond motifs is 1. The third-order valence-corrected chi connectivity index (χ3v) is 9.25. The van der Waals surface area contributed by atoms with E-state index in [4.69, 9.17) is 11.6 Å². The molecule has 2 heterocycles. The predicted molar refractivity (Wildman–Crippen MR) is 128 cm³/mol. The van der Waals surface area contributed by atoms with Crippen molar-refractivity contribution in [1.29, 1.82) is 0 Å². The Bertz CT molecular complexity index is 1240. The summed E-state index contributed by atoms with van der Waals surface area (Å²) in [5, 5.41) is 7.21. The van der Waals surface area contributed by atoms with E-state index in [0.29, 0.717) is 29.5 Å². The van der Waals surface area contributed by atoms with E-state index < -0.39 is 10.0 Å². The van der Waals surface area contributed by atoms with Gasteiger partial charge in [-0.3, -0.25) is 4.79 Å². The summed E-state index contributed by atoms with van der Waals surface area (Å²) in [6.07, 6.45) is 0. The second kappa shape index (κ2) is 9.17. The maximum absolute atomic E-state index is 13.2. The van der Waals surface area contributed by atoms with Crippen molar-refractivity contribution in [2.45, 2.75) is 11.4 Å². The van der Waals surface area contributed by atoms with Crippen molar-refractivity contribution < 1.29 is 13.2 Å². The van der Waals surface area contributed by atoms with Crippen LogP contribution >= 0.6 is 38.9 Å². The van der Waals surface area contributed by atoms with E-state index in [-0.39, 0.29) is 23.9 Å². The number of thiophene rings is 1. The molecule has 1 aliphatic heterocycles. The molecule has 0 bridgehead atoms. The van der Waals surface area contributed by atoms with Crippen LogP contribution in [-0.4, -0.2) is 56.8 Å². The van der Waals surface area contributed by atoms with Gasteiger partial charge in [0.25, 0.3) is 5.91 Å². The third kappa shape index (κ3) is 4.53. The van der Waals surface area contributed by atoms with Gasteiger partial charge in [-0.15, -0.1) is 11.3 Å². The molecule has 0 spiro atoms. The highest BCUT2D eigenvalue weighted by atomic mass is 79.9. The fourth-order valence-electron chi connectivity index (χ4n) is 3.61. The normalized spacial score (nSPS) is 15.5. The summed E-state index contributed by atoms with van der Waals surface area (Å²) in [5.41, 5.74) is 0.891. The highest BCUT2D eigenvalue weighted by molar-refractivity contribution is 9.10. The van der Waals surface area contributed by atoms with E-state index in [0.717, 1.165) is 20.8 Å². The van der Waals surface area contributed by atoms with Gasteiger partial charge in [0.15, 0.2) is 0 Å². The number of hydrogen-bond donors (Lipinski definition) is 1. The Kier molecular flexibility index (Phi) is 6.71. The summed E-state index contributed by atoms with van der Waals surface area (Å²) in [5.74, 6) is -0.148. The van der Waals surface area contributed by atoms with Crippen LogP contribution in [0.2, 0.25) is 5.02 Å². The van der Waals surface area contributed by atoms with E-state index in [2.05, 4.69) is 21.2 Å². The van der Waals surface area contributed by atoms with Gasteiger partial charge in [0.2, 0.25) is 10.0 Å². The summed E-state index contributed by atoms with van der Waals surface area (Å²) in [7, 11) is -1.81. The van der Waals surface area contributed by atoms with Crippen molar-refractivity contribution in [3.05, 3.63) is 61.7 Å². The first kappa shape index (κ1) is 22.7. The molecule has 164 valence electrons. The van der Waals surface area contributed by atoms with E-state index in [1.54, 1.807) is 17.0 Å². The Morgan fingerprint density at radius 1 is 1.13 bits per heavy atom. The molecule has 31 heavy (non-hydrogen) atoms. The Morgan fingerprint density at radius 2 is 1.81 bits per heavy atom. The number of rotatable bonds is 5. The highest BCUT2D eigenvalue weighted by Gasteiger charge is 2.31. The monoisotopic (exact) mass is 541 g/mol. The Morgan fingerprint density at radius 3 is 2.52 bits per heavy atom. The standard InChI is InChI=1S/C21H21BrClN3O3S2/c1-24-12-16-13-30-20(19(16)23)21(27)25-6-8-26(9-7-25)31(28,29)18-5-3-14-10-17(22)4-2-15(14)11-18/h2-5,10-11,13,24H,6-9,12H2,1H3. The van der Waals surface area contributed by atoms with Gasteiger partial charge in [0.1, 0.15) is 4.88 Å². The van der Waals surface area contributed by atoms with Crippen LogP contribution in [-0.2, 0) is 16.6 Å². The summed E-state index contributed by atoms with van der Waals surface area (Å²) in [6.45, 7) is 1.75. The van der Waals surface area contributed by atoms with Gasteiger partial charge in [0, 0.05) is 37.2 Å². The molecule has 1 amide bonds. The number of amides is 1. The number of hydrogen-bond acceptors (Lipinski definition) is 5. The lowest BCUT2D eigenvalue weighted by Crippen LogP contribution is -2.50. The zero-order valence-electron chi connectivity index (χ0n) is 16.8. The smallest absolute Gasteiger partial charge is 0.265 e. The van der Waals surface area contributed by atoms with Crippen LogP contribution in [0.1, 0.15) is 15.2 Å². The average Bonchev–Trinajstić information content (AvgIpc) is 3.13. The minimum Gasteiger partial charge on any atom is -0.335 e. The molecular formula is C21H21BrClN3O3S2. The number of nitrogens with zero attached hydrogens (tertiary/aromatic N) is 2. The quantitative estimate of drug-likeness (QED) is 0.525. The summed E-state index contributed by atoms with van der Waals surface area (Å²) in [6, 6.07) is 10.9. The van der Waals surface area contributed by atoms with E-state index in [1.807, 2.05) is 36.7 Å². The molecule has 0 saturated carbocycles. The highest BCUT2D eigenvalue weighted by Crippen LogP contribution is 2.30. The van der Waals surface area contributed by atoms with Crippen molar-refractivity contribution in [3.63, 3.8) is 0 Å². The van der Waals surface area contributed by atoms with Gasteiger partial charge in [0.05, 0.1) is 9.92 Å². The second-order valence-electron chi connectivity index (χ2n) is 7.28. The second-order valence-corrected chi connectivity index (χ2v) is 11.4. The van der Waals surface area contributed by atoms with Gasteiger partial charge >= 0.3 is 0 Å². The van der Waals surface area contributed by atoms with Crippen molar-refractivity contribution in [2.24, 2.45) is 0 Å². The first-order chi connectivity index (χ1) is 14.8. The molecule has 0 atom stereocenters. The molecule has 3 aromatic rings. The first-order valence-corrected chi connectivity index (χ1v) is 13.2. The molecule has 0 aliphatic carbocycles. The van der Waals surface area contributed by atoms with Crippen LogP contribution < -0.4 is 5.32 Å². The lowest BCUT2D eigenvalue weighted by Gasteiger charge is -2.34. The zero-order valence-corrected chi connectivity index (χ0v) is 20.7. The Hall–Kier alpha value is -1.49. The molecule has 10 heteroatoms. The van der Waals surface area contributed by atoms with Gasteiger partial charge in [-0.05, 0) is 53.0 Å². The average molecular weight is 543 g/mol. The van der Waals surface area contributed by atoms with Crippen LogP contribution in [0.15, 0.2) is 51.1 Å². The topological polar surface area (TPSA) is 69.7 Å². The first-order valence-electron chi connectivity index (χ1n) is 9.70. The molecule has 4 rings (SSSR count). The number of piperazine rings is 1. The lowest BCUT2D eigenvalue weighted by atomic mass is 10.1. The third-order valence-electron chi connectivity index (χ3n) is 5.30. The molecule has 0 unspecified atom stereocenters. The van der Waals surface area contributed by atoms with Crippen molar-refractivity contribution in [1.82, 2.24) is 14.5 Å². The fourth-order valence-corrected chi connectivity index (χ4v) is 6.78. The summed E-state index contributed by atoms with van der Waals surface area (Å²) >= 11 is 11.1. The van der Waals surface area contributed by atoms with E-state index in [1.165, 1.54) is 15.6 Å². The number of halogens is 2. The molecular weight excluding hydrogens is 522 g/mol. The predicted octanol–water partition coefficient (Wildman–Crippen LogP) is 4.18. The molecule has 0 radical (unpaired) electrons. The molecule has 1 aromatic heterocycles. The maximum atomic E-state index is 13.2. The van der Waals surface area contributed by atoms with E-state index >= 15 is 0 Å². The van der Waals surface area contributed by atoms with Crippen molar-refractivity contribution in [2.75, 3.05) is 33.2 Å². The molecule has 1 aliphatic rings. The number of benzene rings is 2. The SMILES string of the molecule is CNCc1csc(C(=O)N2CCN(S(=O)(=O)c3ccc4cc(Br)ccc4c3)CC2)c1Cl. The zero-order chi connectivity index (χ0) is 22.2. The largest absolute Gasteiger partial charge is 0.335 e. The van der Waals surface area contributed by atoms with Gasteiger partial charge in [-0.25, -0.2) is 8.42 Å². The van der Waals surface area contributed by atoms with Crippen LogP contribution in [0.25, 0.3) is 10.8 Å². The Balaban J connectivity index is 1.48. The number of sulfonamides is 1. The van der Waals surface area contributed by atoms with Gasteiger partial charge in [-0.1, -0.05) is 39.7 Å². The number of carbonyl (C=O) groups excluding carboxylic acids is 1. The van der Waals surface area contributed by atoms with Crippen molar-refractivity contribution >= 4 is 65.6 Å².